The van der Waals surface area contributed by atoms with Gasteiger partial charge in [-0.2, -0.15) is 0 Å². The van der Waals surface area contributed by atoms with Gasteiger partial charge in [-0.1, -0.05) is 0 Å². The van der Waals surface area contributed by atoms with Gasteiger partial charge in [0.1, 0.15) is 0 Å². The Morgan fingerprint density at radius 2 is 0.852 bits per heavy atom. The molecule has 0 saturated heterocycles. The molecule has 0 aliphatic rings. The molecular weight excluding hydrogens is 411 g/mol. The van der Waals surface area contributed by atoms with E-state index in [2.05, 4.69) is 103 Å². The van der Waals surface area contributed by atoms with Crippen molar-refractivity contribution in [3.63, 3.8) is 0 Å². The first-order valence-corrected chi connectivity index (χ1v) is 14.2. The Kier molecular flexibility index (Phi) is 5.48. The summed E-state index contributed by atoms with van der Waals surface area (Å²) >= 11 is 3.65. The van der Waals surface area contributed by atoms with E-state index in [4.69, 9.17) is 11.6 Å². The summed E-state index contributed by atoms with van der Waals surface area (Å²) in [5.41, 5.74) is 1.23. The van der Waals surface area contributed by atoms with Crippen LogP contribution in [0.1, 0.15) is 5.56 Å². The van der Waals surface area contributed by atoms with Crippen molar-refractivity contribution < 1.29 is 0 Å². The monoisotopic (exact) mass is 432 g/mol. The van der Waals surface area contributed by atoms with Gasteiger partial charge in [0.05, 0.1) is 0 Å². The van der Waals surface area contributed by atoms with Gasteiger partial charge in [-0.25, -0.2) is 0 Å². The van der Waals surface area contributed by atoms with E-state index in [0.29, 0.717) is 0 Å². The fraction of sp³-hybridized carbons (Fsp3) is 0.0400. The molecule has 27 heavy (non-hydrogen) atoms. The molecule has 0 aliphatic heterocycles. The molecule has 0 heterocycles. The Morgan fingerprint density at radius 3 is 1.26 bits per heavy atom. The van der Waals surface area contributed by atoms with Crippen LogP contribution in [0.15, 0.2) is 115 Å². The molecule has 0 unspecified atom stereocenters. The molecular formula is C25H22AsCl. The molecule has 4 aromatic carbocycles. The van der Waals surface area contributed by atoms with Crippen LogP contribution in [0, 0.1) is 0 Å². The van der Waals surface area contributed by atoms with Crippen molar-refractivity contribution in [2.45, 2.75) is 5.21 Å². The quantitative estimate of drug-likeness (QED) is 0.412. The van der Waals surface area contributed by atoms with E-state index in [0.717, 1.165) is 10.2 Å². The number of benzene rings is 4. The SMILES string of the molecule is Clc1ccccc1C[AsH](c1ccccc1)(c1ccccc1)c1ccccc1. The molecule has 2 heteroatoms. The summed E-state index contributed by atoms with van der Waals surface area (Å²) in [6.07, 6.45) is 0. The maximum absolute atomic E-state index is 6.62. The third-order valence-corrected chi connectivity index (χ3v) is 15.8. The number of hydrogen-bond donors (Lipinski definition) is 0. The molecule has 4 rings (SSSR count). The molecule has 4 aromatic rings. The molecule has 0 amide bonds. The van der Waals surface area contributed by atoms with Gasteiger partial charge in [-0.05, 0) is 0 Å². The van der Waals surface area contributed by atoms with E-state index in [-0.39, 0.29) is 0 Å². The summed E-state index contributed by atoms with van der Waals surface area (Å²) in [6.45, 7) is 0. The van der Waals surface area contributed by atoms with Crippen LogP contribution in [0.5, 0.6) is 0 Å². The van der Waals surface area contributed by atoms with E-state index in [1.54, 1.807) is 0 Å². The van der Waals surface area contributed by atoms with Crippen LogP contribution in [-0.4, -0.2) is 13.6 Å². The van der Waals surface area contributed by atoms with Gasteiger partial charge in [-0.3, -0.25) is 0 Å². The minimum atomic E-state index is -2.97. The molecule has 0 aromatic heterocycles. The van der Waals surface area contributed by atoms with Crippen molar-refractivity contribution in [3.8, 4) is 0 Å². The summed E-state index contributed by atoms with van der Waals surface area (Å²) in [5.74, 6) is 0. The van der Waals surface area contributed by atoms with E-state index in [9.17, 15) is 0 Å². The molecule has 0 radical (unpaired) electrons. The van der Waals surface area contributed by atoms with Gasteiger partial charge in [-0.15, -0.1) is 0 Å². The zero-order valence-electron chi connectivity index (χ0n) is 15.1. The Labute approximate surface area is 168 Å². The van der Waals surface area contributed by atoms with Crippen LogP contribution in [0.2, 0.25) is 5.02 Å². The van der Waals surface area contributed by atoms with Gasteiger partial charge < -0.3 is 0 Å². The Balaban J connectivity index is 2.02. The van der Waals surface area contributed by atoms with Crippen LogP contribution in [0.25, 0.3) is 0 Å². The van der Waals surface area contributed by atoms with Gasteiger partial charge in [0.15, 0.2) is 0 Å². The van der Waals surface area contributed by atoms with Crippen molar-refractivity contribution in [2.24, 2.45) is 0 Å². The number of halogens is 1. The van der Waals surface area contributed by atoms with Gasteiger partial charge in [0.25, 0.3) is 0 Å². The van der Waals surface area contributed by atoms with Crippen LogP contribution in [0.4, 0.5) is 0 Å². The summed E-state index contributed by atoms with van der Waals surface area (Å²) in [4.78, 5) is 0. The summed E-state index contributed by atoms with van der Waals surface area (Å²) in [6, 6.07) is 41.4. The van der Waals surface area contributed by atoms with Crippen LogP contribution in [-0.2, 0) is 5.21 Å². The van der Waals surface area contributed by atoms with Crippen molar-refractivity contribution >= 4 is 38.2 Å². The van der Waals surface area contributed by atoms with Gasteiger partial charge >= 0.3 is 169 Å². The predicted octanol–water partition coefficient (Wildman–Crippen LogP) is 4.32. The summed E-state index contributed by atoms with van der Waals surface area (Å²) in [5, 5.41) is 1.84. The Hall–Kier alpha value is -2.27. The standard InChI is InChI=1S/C25H22AsCl/c27-25-19-11-10-12-21(25)20-26(22-13-4-1-5-14-22,23-15-6-2-7-16-23)24-17-8-3-9-18-24/h1-19,26H,20H2. The first-order valence-electron chi connectivity index (χ1n) is 9.21. The zero-order chi connectivity index (χ0) is 18.5. The van der Waals surface area contributed by atoms with Crippen LogP contribution in [0.3, 0.4) is 0 Å². The number of rotatable bonds is 5. The molecule has 0 aliphatic carbocycles. The Morgan fingerprint density at radius 1 is 0.481 bits per heavy atom. The van der Waals surface area contributed by atoms with Crippen molar-refractivity contribution in [3.05, 3.63) is 126 Å². The fourth-order valence-corrected chi connectivity index (χ4v) is 14.4. The fourth-order valence-electron chi connectivity index (χ4n) is 3.90. The van der Waals surface area contributed by atoms with E-state index in [1.807, 2.05) is 12.1 Å². The molecule has 0 fully saturated rings. The second-order valence-electron chi connectivity index (χ2n) is 6.77. The summed E-state index contributed by atoms with van der Waals surface area (Å²) in [7, 11) is 0. The van der Waals surface area contributed by atoms with Gasteiger partial charge in [0, 0.05) is 0 Å². The first-order chi connectivity index (χ1) is 13.3. The second kappa shape index (κ2) is 8.17. The molecule has 0 saturated carbocycles. The Bertz CT molecular complexity index is 901. The molecule has 0 bridgehead atoms. The van der Waals surface area contributed by atoms with Crippen molar-refractivity contribution in [1.29, 1.82) is 0 Å². The van der Waals surface area contributed by atoms with E-state index < -0.39 is 13.6 Å². The van der Waals surface area contributed by atoms with Crippen LogP contribution >= 0.6 is 11.6 Å². The predicted molar refractivity (Wildman–Crippen MR) is 121 cm³/mol. The van der Waals surface area contributed by atoms with Crippen LogP contribution < -0.4 is 13.1 Å². The van der Waals surface area contributed by atoms with Crippen molar-refractivity contribution in [1.82, 2.24) is 0 Å². The second-order valence-corrected chi connectivity index (χ2v) is 15.4. The minimum absolute atomic E-state index is 0.857. The maximum atomic E-state index is 6.62. The first kappa shape index (κ1) is 18.1. The molecule has 0 spiro atoms. The van der Waals surface area contributed by atoms with E-state index >= 15 is 0 Å². The molecule has 0 nitrogen and oxygen atoms in total. The molecule has 0 N–H and O–H groups in total. The average molecular weight is 433 g/mol. The van der Waals surface area contributed by atoms with Gasteiger partial charge in [0.2, 0.25) is 0 Å². The average Bonchev–Trinajstić information content (AvgIpc) is 2.75. The normalized spacial score (nSPS) is 11.9. The third-order valence-electron chi connectivity index (χ3n) is 5.21. The zero-order valence-corrected chi connectivity index (χ0v) is 17.9. The molecule has 0 atom stereocenters. The van der Waals surface area contributed by atoms with E-state index in [1.165, 1.54) is 18.6 Å². The molecule has 134 valence electrons. The van der Waals surface area contributed by atoms with Crippen molar-refractivity contribution in [2.75, 3.05) is 0 Å². The number of hydrogen-bond acceptors (Lipinski definition) is 0. The summed E-state index contributed by atoms with van der Waals surface area (Å²) < 4.78 is 4.36. The topological polar surface area (TPSA) is 0 Å². The third kappa shape index (κ3) is 3.61.